The summed E-state index contributed by atoms with van der Waals surface area (Å²) in [5.74, 6) is 0.604. The lowest BCUT2D eigenvalue weighted by atomic mass is 10.1. The van der Waals surface area contributed by atoms with Crippen molar-refractivity contribution in [1.29, 1.82) is 0 Å². The number of imidazole rings is 1. The van der Waals surface area contributed by atoms with Gasteiger partial charge in [0, 0.05) is 30.8 Å². The Morgan fingerprint density at radius 2 is 2.11 bits per heavy atom. The van der Waals surface area contributed by atoms with Crippen LogP contribution in [-0.4, -0.2) is 39.9 Å². The van der Waals surface area contributed by atoms with Crippen LogP contribution in [0, 0.1) is 0 Å². The van der Waals surface area contributed by atoms with Gasteiger partial charge in [0.05, 0.1) is 12.3 Å². The van der Waals surface area contributed by atoms with Gasteiger partial charge in [-0.05, 0) is 18.9 Å². The zero-order chi connectivity index (χ0) is 12.8. The second-order valence-electron chi connectivity index (χ2n) is 4.50. The third kappa shape index (κ3) is 1.79. The van der Waals surface area contributed by atoms with Crippen molar-refractivity contribution in [2.45, 2.75) is 18.9 Å². The van der Waals surface area contributed by atoms with Crippen LogP contribution in [0.5, 0.6) is 0 Å². The van der Waals surface area contributed by atoms with Crippen molar-refractivity contribution in [3.63, 3.8) is 0 Å². The molecule has 18 heavy (non-hydrogen) atoms. The highest BCUT2D eigenvalue weighted by Gasteiger charge is 2.33. The molecule has 3 rings (SSSR count). The van der Waals surface area contributed by atoms with Crippen molar-refractivity contribution < 1.29 is 8.42 Å². The van der Waals surface area contributed by atoms with Crippen molar-refractivity contribution in [2.75, 3.05) is 12.8 Å². The van der Waals surface area contributed by atoms with E-state index in [9.17, 15) is 8.42 Å². The fourth-order valence-corrected chi connectivity index (χ4v) is 3.69. The lowest BCUT2D eigenvalue weighted by molar-refractivity contribution is 0.391. The van der Waals surface area contributed by atoms with Crippen molar-refractivity contribution >= 4 is 15.8 Å². The highest BCUT2D eigenvalue weighted by molar-refractivity contribution is 7.88. The molecule has 0 aromatic carbocycles. The van der Waals surface area contributed by atoms with Crippen LogP contribution < -0.4 is 0 Å². The molecule has 1 atom stereocenters. The number of aromatic nitrogens is 3. The fraction of sp³-hybridized carbons (Fsp3) is 0.455. The third-order valence-electron chi connectivity index (χ3n) is 3.31. The molecule has 1 aliphatic rings. The van der Waals surface area contributed by atoms with E-state index in [1.54, 1.807) is 16.7 Å². The van der Waals surface area contributed by atoms with Crippen LogP contribution in [0.15, 0.2) is 24.7 Å². The third-order valence-corrected chi connectivity index (χ3v) is 4.59. The van der Waals surface area contributed by atoms with Crippen molar-refractivity contribution in [2.24, 2.45) is 0 Å². The van der Waals surface area contributed by atoms with Gasteiger partial charge in [0.25, 0.3) is 0 Å². The zero-order valence-electron chi connectivity index (χ0n) is 10.0. The Hall–Kier alpha value is -1.47. The number of fused-ring (bicyclic) bond motifs is 1. The van der Waals surface area contributed by atoms with E-state index in [-0.39, 0.29) is 6.04 Å². The molecule has 0 bridgehead atoms. The molecule has 2 aromatic rings. The first-order valence-electron chi connectivity index (χ1n) is 5.82. The molecule has 1 saturated heterocycles. The minimum atomic E-state index is -3.17. The average molecular weight is 266 g/mol. The zero-order valence-corrected chi connectivity index (χ0v) is 10.8. The molecule has 7 heteroatoms. The number of sulfonamides is 1. The number of hydrogen-bond donors (Lipinski definition) is 0. The van der Waals surface area contributed by atoms with Gasteiger partial charge in [0.15, 0.2) is 0 Å². The molecular weight excluding hydrogens is 252 g/mol. The molecule has 0 amide bonds. The highest BCUT2D eigenvalue weighted by atomic mass is 32.2. The summed E-state index contributed by atoms with van der Waals surface area (Å²) in [6, 6.07) is 1.75. The highest BCUT2D eigenvalue weighted by Crippen LogP contribution is 2.33. The van der Waals surface area contributed by atoms with Gasteiger partial charge in [0.1, 0.15) is 0 Å². The Kier molecular flexibility index (Phi) is 2.60. The van der Waals surface area contributed by atoms with E-state index in [0.717, 1.165) is 18.5 Å². The number of nitrogens with zero attached hydrogens (tertiary/aromatic N) is 4. The smallest absolute Gasteiger partial charge is 0.233 e. The van der Waals surface area contributed by atoms with Crippen molar-refractivity contribution in [3.8, 4) is 0 Å². The SMILES string of the molecule is CS(=O)(=O)N1CCC[C@H]1c1ccnc2nccn12. The summed E-state index contributed by atoms with van der Waals surface area (Å²) >= 11 is 0. The topological polar surface area (TPSA) is 67.6 Å². The van der Waals surface area contributed by atoms with Crippen LogP contribution in [0.3, 0.4) is 0 Å². The van der Waals surface area contributed by atoms with Crippen LogP contribution in [0.2, 0.25) is 0 Å². The number of rotatable bonds is 2. The van der Waals surface area contributed by atoms with E-state index < -0.39 is 10.0 Å². The van der Waals surface area contributed by atoms with E-state index in [4.69, 9.17) is 0 Å². The van der Waals surface area contributed by atoms with E-state index in [2.05, 4.69) is 9.97 Å². The second kappa shape index (κ2) is 4.03. The van der Waals surface area contributed by atoms with E-state index >= 15 is 0 Å². The summed E-state index contributed by atoms with van der Waals surface area (Å²) in [6.45, 7) is 0.585. The summed E-state index contributed by atoms with van der Waals surface area (Å²) in [6.07, 6.45) is 8.15. The normalized spacial score (nSPS) is 21.7. The van der Waals surface area contributed by atoms with Gasteiger partial charge >= 0.3 is 0 Å². The first-order valence-corrected chi connectivity index (χ1v) is 7.67. The predicted octanol–water partition coefficient (Wildman–Crippen LogP) is 0.826. The maximum atomic E-state index is 11.8. The molecule has 96 valence electrons. The Bertz CT molecular complexity index is 679. The molecule has 1 aliphatic heterocycles. The predicted molar refractivity (Wildman–Crippen MR) is 66.5 cm³/mol. The molecule has 1 fully saturated rings. The first-order chi connectivity index (χ1) is 8.57. The van der Waals surface area contributed by atoms with Crippen molar-refractivity contribution in [1.82, 2.24) is 18.7 Å². The van der Waals surface area contributed by atoms with Gasteiger partial charge in [-0.25, -0.2) is 18.4 Å². The largest absolute Gasteiger partial charge is 0.287 e. The van der Waals surface area contributed by atoms with Gasteiger partial charge in [-0.1, -0.05) is 0 Å². The quantitative estimate of drug-likeness (QED) is 0.807. The number of hydrogen-bond acceptors (Lipinski definition) is 4. The summed E-state index contributed by atoms with van der Waals surface area (Å²) in [7, 11) is -3.17. The van der Waals surface area contributed by atoms with Crippen LogP contribution in [-0.2, 0) is 10.0 Å². The first kappa shape index (κ1) is 11.6. The van der Waals surface area contributed by atoms with Gasteiger partial charge in [-0.15, -0.1) is 0 Å². The summed E-state index contributed by atoms with van der Waals surface area (Å²) in [5, 5.41) is 0. The monoisotopic (exact) mass is 266 g/mol. The Morgan fingerprint density at radius 3 is 2.89 bits per heavy atom. The van der Waals surface area contributed by atoms with Crippen molar-refractivity contribution in [3.05, 3.63) is 30.4 Å². The lowest BCUT2D eigenvalue weighted by Crippen LogP contribution is -2.30. The van der Waals surface area contributed by atoms with Gasteiger partial charge in [-0.2, -0.15) is 4.31 Å². The van der Waals surface area contributed by atoms with Crippen LogP contribution >= 0.6 is 0 Å². The molecular formula is C11H14N4O2S. The van der Waals surface area contributed by atoms with E-state index in [0.29, 0.717) is 12.3 Å². The van der Waals surface area contributed by atoms with E-state index in [1.165, 1.54) is 6.26 Å². The second-order valence-corrected chi connectivity index (χ2v) is 6.43. The maximum Gasteiger partial charge on any atom is 0.233 e. The molecule has 6 nitrogen and oxygen atoms in total. The molecule has 0 saturated carbocycles. The lowest BCUT2D eigenvalue weighted by Gasteiger charge is -2.22. The average Bonchev–Trinajstić information content (AvgIpc) is 2.96. The molecule has 2 aromatic heterocycles. The Morgan fingerprint density at radius 1 is 1.33 bits per heavy atom. The van der Waals surface area contributed by atoms with Gasteiger partial charge in [0.2, 0.25) is 15.8 Å². The fourth-order valence-electron chi connectivity index (χ4n) is 2.56. The molecule has 0 radical (unpaired) electrons. The molecule has 3 heterocycles. The molecule has 0 N–H and O–H groups in total. The van der Waals surface area contributed by atoms with Crippen LogP contribution in [0.25, 0.3) is 5.78 Å². The van der Waals surface area contributed by atoms with Crippen LogP contribution in [0.1, 0.15) is 24.6 Å². The van der Waals surface area contributed by atoms with Gasteiger partial charge < -0.3 is 0 Å². The summed E-state index contributed by atoms with van der Waals surface area (Å²) < 4.78 is 27.0. The van der Waals surface area contributed by atoms with Crippen LogP contribution in [0.4, 0.5) is 0 Å². The maximum absolute atomic E-state index is 11.8. The Balaban J connectivity index is 2.12. The summed E-state index contributed by atoms with van der Waals surface area (Å²) in [4.78, 5) is 8.27. The summed E-state index contributed by atoms with van der Waals surface area (Å²) in [5.41, 5.74) is 0.931. The minimum absolute atomic E-state index is 0.111. The standard InChI is InChI=1S/C11H14N4O2S/c1-18(16,17)15-7-2-3-10(15)9-4-5-12-11-13-6-8-14(9)11/h4-6,8,10H,2-3,7H2,1H3/t10-/m0/s1. The molecule has 0 spiro atoms. The van der Waals surface area contributed by atoms with E-state index in [1.807, 2.05) is 16.7 Å². The Labute approximate surface area is 105 Å². The molecule has 0 aliphatic carbocycles. The molecule has 0 unspecified atom stereocenters. The minimum Gasteiger partial charge on any atom is -0.287 e. The van der Waals surface area contributed by atoms with Gasteiger partial charge in [-0.3, -0.25) is 4.40 Å².